The minimum absolute atomic E-state index is 0.0823. The van der Waals surface area contributed by atoms with Crippen LogP contribution >= 0.6 is 0 Å². The zero-order valence-electron chi connectivity index (χ0n) is 11.5. The van der Waals surface area contributed by atoms with Crippen molar-refractivity contribution in [2.75, 3.05) is 19.7 Å². The third-order valence-electron chi connectivity index (χ3n) is 3.07. The Bertz CT molecular complexity index is 142. The average Bonchev–Trinajstić information content (AvgIpc) is 2.32. The Hall–Kier alpha value is -0.120. The molecule has 0 amide bonds. The van der Waals surface area contributed by atoms with Crippen molar-refractivity contribution in [2.45, 2.75) is 70.8 Å². The zero-order valence-corrected chi connectivity index (χ0v) is 11.5. The molecule has 0 fully saturated rings. The summed E-state index contributed by atoms with van der Waals surface area (Å²) in [5, 5.41) is 21.3. The van der Waals surface area contributed by atoms with E-state index in [1.807, 2.05) is 0 Å². The molecule has 1 atom stereocenters. The van der Waals surface area contributed by atoms with Crippen LogP contribution in [0.2, 0.25) is 0 Å². The highest BCUT2D eigenvalue weighted by Gasteiger charge is 2.01. The number of hydrogen-bond donors (Lipinski definition) is 3. The van der Waals surface area contributed by atoms with E-state index >= 15 is 0 Å². The molecule has 0 aromatic carbocycles. The smallest absolute Gasteiger partial charge is 0.0574 e. The normalized spacial score (nSPS) is 12.9. The van der Waals surface area contributed by atoms with Gasteiger partial charge in [-0.2, -0.15) is 0 Å². The summed E-state index contributed by atoms with van der Waals surface area (Å²) in [6.07, 6.45) is 10.3. The van der Waals surface area contributed by atoms with Crippen LogP contribution in [0.3, 0.4) is 0 Å². The molecule has 1 unspecified atom stereocenters. The average molecular weight is 245 g/mol. The van der Waals surface area contributed by atoms with E-state index in [1.165, 1.54) is 44.9 Å². The van der Waals surface area contributed by atoms with Crippen molar-refractivity contribution < 1.29 is 10.2 Å². The highest BCUT2D eigenvalue weighted by molar-refractivity contribution is 4.57. The zero-order chi connectivity index (χ0) is 12.8. The molecule has 0 heterocycles. The Labute approximate surface area is 107 Å². The summed E-state index contributed by atoms with van der Waals surface area (Å²) in [6, 6.07) is 0. The van der Waals surface area contributed by atoms with E-state index in [4.69, 9.17) is 5.11 Å². The molecular formula is C14H31NO2. The summed E-state index contributed by atoms with van der Waals surface area (Å²) in [5.74, 6) is 0. The number of rotatable bonds is 13. The lowest BCUT2D eigenvalue weighted by Gasteiger charge is -2.09. The lowest BCUT2D eigenvalue weighted by Crippen LogP contribution is -2.22. The SMILES string of the molecule is CCCCCCCCCNCCC(O)CCO. The maximum Gasteiger partial charge on any atom is 0.0574 e. The van der Waals surface area contributed by atoms with Crippen molar-refractivity contribution >= 4 is 0 Å². The second kappa shape index (κ2) is 13.9. The van der Waals surface area contributed by atoms with Crippen LogP contribution in [0, 0.1) is 0 Å². The van der Waals surface area contributed by atoms with Gasteiger partial charge in [-0.25, -0.2) is 0 Å². The van der Waals surface area contributed by atoms with Crippen molar-refractivity contribution in [3.8, 4) is 0 Å². The fraction of sp³-hybridized carbons (Fsp3) is 1.00. The fourth-order valence-corrected chi connectivity index (χ4v) is 1.89. The third-order valence-corrected chi connectivity index (χ3v) is 3.07. The second-order valence-corrected chi connectivity index (χ2v) is 4.83. The molecule has 0 spiro atoms. The molecule has 0 radical (unpaired) electrons. The fourth-order valence-electron chi connectivity index (χ4n) is 1.89. The van der Waals surface area contributed by atoms with Crippen molar-refractivity contribution in [3.05, 3.63) is 0 Å². The molecular weight excluding hydrogens is 214 g/mol. The maximum absolute atomic E-state index is 9.37. The predicted octanol–water partition coefficient (Wildman–Crippen LogP) is 2.46. The Morgan fingerprint density at radius 1 is 0.882 bits per heavy atom. The molecule has 0 aromatic rings. The van der Waals surface area contributed by atoms with E-state index < -0.39 is 0 Å². The van der Waals surface area contributed by atoms with Gasteiger partial charge in [0.05, 0.1) is 6.10 Å². The van der Waals surface area contributed by atoms with Gasteiger partial charge in [0.25, 0.3) is 0 Å². The monoisotopic (exact) mass is 245 g/mol. The first kappa shape index (κ1) is 16.9. The van der Waals surface area contributed by atoms with Gasteiger partial charge in [-0.3, -0.25) is 0 Å². The largest absolute Gasteiger partial charge is 0.396 e. The third kappa shape index (κ3) is 13.8. The van der Waals surface area contributed by atoms with E-state index in [0.717, 1.165) is 19.5 Å². The Morgan fingerprint density at radius 3 is 2.18 bits per heavy atom. The van der Waals surface area contributed by atoms with Gasteiger partial charge in [0.15, 0.2) is 0 Å². The molecule has 0 saturated carbocycles. The number of aliphatic hydroxyl groups is 2. The summed E-state index contributed by atoms with van der Waals surface area (Å²) < 4.78 is 0. The van der Waals surface area contributed by atoms with Gasteiger partial charge in [0, 0.05) is 6.61 Å². The summed E-state index contributed by atoms with van der Waals surface area (Å²) in [5.41, 5.74) is 0. The van der Waals surface area contributed by atoms with Crippen molar-refractivity contribution in [2.24, 2.45) is 0 Å². The van der Waals surface area contributed by atoms with E-state index in [0.29, 0.717) is 6.42 Å². The number of nitrogens with one attached hydrogen (secondary N) is 1. The maximum atomic E-state index is 9.37. The predicted molar refractivity (Wildman–Crippen MR) is 73.2 cm³/mol. The van der Waals surface area contributed by atoms with Crippen LogP contribution < -0.4 is 5.32 Å². The molecule has 0 aliphatic heterocycles. The minimum Gasteiger partial charge on any atom is -0.396 e. The standard InChI is InChI=1S/C14H31NO2/c1-2-3-4-5-6-7-8-11-15-12-9-14(17)10-13-16/h14-17H,2-13H2,1H3. The molecule has 0 aromatic heterocycles. The number of hydrogen-bond acceptors (Lipinski definition) is 3. The first-order valence-corrected chi connectivity index (χ1v) is 7.31. The second-order valence-electron chi connectivity index (χ2n) is 4.83. The molecule has 0 rings (SSSR count). The van der Waals surface area contributed by atoms with Crippen LogP contribution in [-0.2, 0) is 0 Å². The van der Waals surface area contributed by atoms with Crippen LogP contribution in [0.5, 0.6) is 0 Å². The molecule has 104 valence electrons. The Kier molecular flexibility index (Phi) is 13.8. The molecule has 17 heavy (non-hydrogen) atoms. The first-order chi connectivity index (χ1) is 8.31. The first-order valence-electron chi connectivity index (χ1n) is 7.31. The molecule has 0 aliphatic rings. The van der Waals surface area contributed by atoms with Gasteiger partial charge in [0.2, 0.25) is 0 Å². The molecule has 0 aliphatic carbocycles. The van der Waals surface area contributed by atoms with E-state index in [1.54, 1.807) is 0 Å². The van der Waals surface area contributed by atoms with Crippen molar-refractivity contribution in [3.63, 3.8) is 0 Å². The van der Waals surface area contributed by atoms with Crippen molar-refractivity contribution in [1.29, 1.82) is 0 Å². The molecule has 3 nitrogen and oxygen atoms in total. The van der Waals surface area contributed by atoms with E-state index in [2.05, 4.69) is 12.2 Å². The molecule has 3 N–H and O–H groups in total. The summed E-state index contributed by atoms with van der Waals surface area (Å²) in [6.45, 7) is 4.24. The van der Waals surface area contributed by atoms with E-state index in [-0.39, 0.29) is 12.7 Å². The van der Waals surface area contributed by atoms with Gasteiger partial charge in [-0.1, -0.05) is 45.4 Å². The van der Waals surface area contributed by atoms with Gasteiger partial charge in [-0.15, -0.1) is 0 Å². The number of unbranched alkanes of at least 4 members (excludes halogenated alkanes) is 6. The van der Waals surface area contributed by atoms with Gasteiger partial charge in [-0.05, 0) is 32.4 Å². The summed E-state index contributed by atoms with van der Waals surface area (Å²) in [4.78, 5) is 0. The topological polar surface area (TPSA) is 52.5 Å². The van der Waals surface area contributed by atoms with Gasteiger partial charge in [0.1, 0.15) is 0 Å². The quantitative estimate of drug-likeness (QED) is 0.437. The lowest BCUT2D eigenvalue weighted by atomic mass is 10.1. The van der Waals surface area contributed by atoms with Crippen LogP contribution in [0.1, 0.15) is 64.7 Å². The molecule has 0 saturated heterocycles. The summed E-state index contributed by atoms with van der Waals surface area (Å²) >= 11 is 0. The van der Waals surface area contributed by atoms with Crippen LogP contribution in [0.25, 0.3) is 0 Å². The van der Waals surface area contributed by atoms with Crippen LogP contribution in [-0.4, -0.2) is 36.0 Å². The van der Waals surface area contributed by atoms with Crippen LogP contribution in [0.4, 0.5) is 0 Å². The highest BCUT2D eigenvalue weighted by Crippen LogP contribution is 2.06. The lowest BCUT2D eigenvalue weighted by molar-refractivity contribution is 0.125. The van der Waals surface area contributed by atoms with Gasteiger partial charge >= 0.3 is 0 Å². The molecule has 3 heteroatoms. The van der Waals surface area contributed by atoms with Crippen LogP contribution in [0.15, 0.2) is 0 Å². The number of aliphatic hydroxyl groups excluding tert-OH is 2. The Balaban J connectivity index is 2.98. The highest BCUT2D eigenvalue weighted by atomic mass is 16.3. The van der Waals surface area contributed by atoms with Gasteiger partial charge < -0.3 is 15.5 Å². The summed E-state index contributed by atoms with van der Waals surface area (Å²) in [7, 11) is 0. The Morgan fingerprint density at radius 2 is 1.53 bits per heavy atom. The van der Waals surface area contributed by atoms with Crippen molar-refractivity contribution in [1.82, 2.24) is 5.32 Å². The van der Waals surface area contributed by atoms with E-state index in [9.17, 15) is 5.11 Å². The molecule has 0 bridgehead atoms. The minimum atomic E-state index is -0.346.